The monoisotopic (exact) mass is 680 g/mol. The fourth-order valence-electron chi connectivity index (χ4n) is 0. The number of rotatable bonds is 0. The van der Waals surface area contributed by atoms with Crippen molar-refractivity contribution < 1.29 is 133 Å². The SMILES string of the molecule is O.O.O=S(=O)([O-])[O-].O=S(=O)([O-])[O-].O=S(=O)([O-])[O-].O=S(=O)([O-])[O-].O=S(=O)([O-])[O-].[Al+3].[Al+3].[Mn+2].[Mn+2]. The predicted molar refractivity (Wildman–Crippen MR) is 71.1 cm³/mol. The molecule has 0 aromatic heterocycles. The molecule has 186 valence electrons. The molecule has 4 N–H and O–H groups in total. The van der Waals surface area contributed by atoms with E-state index in [1.165, 1.54) is 0 Å². The molecule has 0 amide bonds. The summed E-state index contributed by atoms with van der Waals surface area (Å²) in [7, 11) is -25.8. The molecule has 0 bridgehead atoms. The van der Waals surface area contributed by atoms with E-state index in [1.54, 1.807) is 0 Å². The largest absolute Gasteiger partial charge is 3.00 e. The second-order valence-corrected chi connectivity index (χ2v) is 6.12. The van der Waals surface area contributed by atoms with Crippen molar-refractivity contribution in [3.05, 3.63) is 0 Å². The molecule has 0 rings (SSSR count). The minimum absolute atomic E-state index is 0. The van der Waals surface area contributed by atoms with Crippen molar-refractivity contribution >= 4 is 86.7 Å². The quantitative estimate of drug-likeness (QED) is 0.130. The van der Waals surface area contributed by atoms with E-state index >= 15 is 0 Å². The van der Waals surface area contributed by atoms with Gasteiger partial charge in [0.1, 0.15) is 0 Å². The molecular weight excluding hydrogens is 676 g/mol. The van der Waals surface area contributed by atoms with Crippen LogP contribution in [-0.2, 0) is 86.1 Å². The van der Waals surface area contributed by atoms with Crippen LogP contribution in [0.25, 0.3) is 0 Å². The van der Waals surface area contributed by atoms with Gasteiger partial charge in [0.25, 0.3) is 0 Å². The van der Waals surface area contributed by atoms with Gasteiger partial charge < -0.3 is 56.5 Å². The Hall–Kier alpha value is 1.37. The zero-order valence-corrected chi connectivity index (χ0v) is 21.9. The Morgan fingerprint density at radius 3 is 0.290 bits per heavy atom. The first kappa shape index (κ1) is 69.8. The van der Waals surface area contributed by atoms with Gasteiger partial charge in [-0.1, -0.05) is 0 Å². The van der Waals surface area contributed by atoms with Gasteiger partial charge in [-0.25, -0.2) is 0 Å². The van der Waals surface area contributed by atoms with Gasteiger partial charge in [0, 0.05) is 52.0 Å². The summed E-state index contributed by atoms with van der Waals surface area (Å²) in [6.07, 6.45) is 0. The number of hydrogen-bond acceptors (Lipinski definition) is 20. The Morgan fingerprint density at radius 2 is 0.290 bits per heavy atom. The van der Waals surface area contributed by atoms with Gasteiger partial charge in [0.15, 0.2) is 0 Å². The molecule has 0 aromatic rings. The van der Waals surface area contributed by atoms with Crippen molar-refractivity contribution in [2.45, 2.75) is 0 Å². The van der Waals surface area contributed by atoms with Gasteiger partial charge in [-0.05, 0) is 0 Å². The fourth-order valence-corrected chi connectivity index (χ4v) is 0. The summed E-state index contributed by atoms with van der Waals surface area (Å²) in [5, 5.41) is 0. The van der Waals surface area contributed by atoms with E-state index in [2.05, 4.69) is 0 Å². The summed E-state index contributed by atoms with van der Waals surface area (Å²) in [6.45, 7) is 0. The average molecular weight is 680 g/mol. The fraction of sp³-hybridized carbons (Fsp3) is 0. The van der Waals surface area contributed by atoms with E-state index < -0.39 is 52.0 Å². The van der Waals surface area contributed by atoms with Gasteiger partial charge in [-0.15, -0.1) is 0 Å². The molecule has 0 atom stereocenters. The van der Waals surface area contributed by atoms with Crippen LogP contribution in [0.2, 0.25) is 0 Å². The third kappa shape index (κ3) is 14300. The Balaban J connectivity index is -0.0000000171. The van der Waals surface area contributed by atoms with E-state index in [0.717, 1.165) is 0 Å². The molecule has 31 heavy (non-hydrogen) atoms. The summed E-state index contributed by atoms with van der Waals surface area (Å²) < 4.78 is 170. The maximum Gasteiger partial charge on any atom is 3.00 e. The Bertz CT molecular complexity index is 630. The standard InChI is InChI=1S/2Al.2Mn.5H2O4S.2H2O/c;;;;5*1-5(2,3)4;;/h;;;;5*(H2,1,2,3,4);2*1H2/q2*+3;2*+2;;;;;;;/p-10. The molecule has 22 nitrogen and oxygen atoms in total. The van der Waals surface area contributed by atoms with E-state index in [1.807, 2.05) is 0 Å². The Morgan fingerprint density at radius 1 is 0.290 bits per heavy atom. The molecule has 0 aliphatic heterocycles. The van der Waals surface area contributed by atoms with Crippen molar-refractivity contribution in [1.29, 1.82) is 0 Å². The maximum atomic E-state index is 8.52. The van der Waals surface area contributed by atoms with E-state index in [-0.39, 0.29) is 79.8 Å². The van der Waals surface area contributed by atoms with Crippen LogP contribution >= 0.6 is 0 Å². The van der Waals surface area contributed by atoms with Crippen LogP contribution < -0.4 is 0 Å². The van der Waals surface area contributed by atoms with Crippen molar-refractivity contribution in [2.24, 2.45) is 0 Å². The molecule has 0 aliphatic rings. The summed E-state index contributed by atoms with van der Waals surface area (Å²) >= 11 is 0. The van der Waals surface area contributed by atoms with Crippen LogP contribution in [0.5, 0.6) is 0 Å². The molecule has 0 unspecified atom stereocenters. The van der Waals surface area contributed by atoms with Crippen LogP contribution in [0, 0.1) is 0 Å². The third-order valence-corrected chi connectivity index (χ3v) is 0. The molecule has 0 aromatic carbocycles. The predicted octanol–water partition coefficient (Wildman–Crippen LogP) is -9.11. The molecule has 0 saturated carbocycles. The molecule has 0 aliphatic carbocycles. The van der Waals surface area contributed by atoms with Crippen molar-refractivity contribution in [2.75, 3.05) is 0 Å². The molecule has 0 fully saturated rings. The summed E-state index contributed by atoms with van der Waals surface area (Å²) in [5.74, 6) is 0. The normalized spacial score (nSPS) is 9.35. The summed E-state index contributed by atoms with van der Waals surface area (Å²) in [4.78, 5) is 0. The minimum atomic E-state index is -5.17. The van der Waals surface area contributed by atoms with Gasteiger partial charge >= 0.3 is 68.9 Å². The van der Waals surface area contributed by atoms with Crippen molar-refractivity contribution in [3.63, 3.8) is 0 Å². The first-order valence-corrected chi connectivity index (χ1v) is 10.0. The van der Waals surface area contributed by atoms with Gasteiger partial charge in [0.05, 0.1) is 0 Å². The molecule has 0 spiro atoms. The second-order valence-electron chi connectivity index (χ2n) is 2.04. The maximum absolute atomic E-state index is 8.52. The van der Waals surface area contributed by atoms with Gasteiger partial charge in [-0.2, -0.15) is 0 Å². The molecular formula is H4Al2Mn2O22S5. The van der Waals surface area contributed by atoms with Crippen LogP contribution in [-0.4, -0.2) is 133 Å². The van der Waals surface area contributed by atoms with Crippen LogP contribution in [0.4, 0.5) is 0 Å². The number of hydrogen-bond donors (Lipinski definition) is 0. The minimum Gasteiger partial charge on any atom is -0.759 e. The zero-order valence-electron chi connectivity index (χ0n) is 13.1. The first-order chi connectivity index (χ1) is 10.0. The molecule has 31 heteroatoms. The van der Waals surface area contributed by atoms with E-state index in [0.29, 0.717) is 0 Å². The first-order valence-electron chi connectivity index (χ1n) is 3.33. The van der Waals surface area contributed by atoms with Crippen LogP contribution in [0.15, 0.2) is 0 Å². The second kappa shape index (κ2) is 29.4. The average Bonchev–Trinajstić information content (AvgIpc) is 1.79. The van der Waals surface area contributed by atoms with Crippen LogP contribution in [0.1, 0.15) is 0 Å². The summed E-state index contributed by atoms with van der Waals surface area (Å²) in [6, 6.07) is 0. The third-order valence-electron chi connectivity index (χ3n) is 0. The van der Waals surface area contributed by atoms with E-state index in [4.69, 9.17) is 87.6 Å². The topological polar surface area (TPSA) is 464 Å². The van der Waals surface area contributed by atoms with Crippen molar-refractivity contribution in [1.82, 2.24) is 0 Å². The van der Waals surface area contributed by atoms with E-state index in [9.17, 15) is 0 Å². The Labute approximate surface area is 217 Å². The molecule has 2 radical (unpaired) electrons. The van der Waals surface area contributed by atoms with Crippen molar-refractivity contribution in [3.8, 4) is 0 Å². The zero-order chi connectivity index (χ0) is 22.5. The van der Waals surface area contributed by atoms with Gasteiger partial charge in [-0.3, -0.25) is 42.1 Å². The molecule has 0 heterocycles. The van der Waals surface area contributed by atoms with Gasteiger partial charge in [0.2, 0.25) is 0 Å². The molecule has 0 saturated heterocycles. The summed E-state index contributed by atoms with van der Waals surface area (Å²) in [5.41, 5.74) is 0. The Kier molecular flexibility index (Phi) is 66.2. The van der Waals surface area contributed by atoms with Crippen LogP contribution in [0.3, 0.4) is 0 Å². The smallest absolute Gasteiger partial charge is 0.759 e.